The van der Waals surface area contributed by atoms with E-state index >= 15 is 0 Å². The van der Waals surface area contributed by atoms with Crippen LogP contribution in [0.5, 0.6) is 0 Å². The van der Waals surface area contributed by atoms with Gasteiger partial charge in [0.25, 0.3) is 0 Å². The van der Waals surface area contributed by atoms with Gasteiger partial charge in [-0.25, -0.2) is 8.78 Å². The van der Waals surface area contributed by atoms with Gasteiger partial charge in [0.2, 0.25) is 5.88 Å². The van der Waals surface area contributed by atoms with E-state index in [1.165, 1.54) is 12.1 Å². The molecule has 1 atom stereocenters. The van der Waals surface area contributed by atoms with Gasteiger partial charge in [-0.1, -0.05) is 19.0 Å². The summed E-state index contributed by atoms with van der Waals surface area (Å²) in [6.07, 6.45) is 0.821. The number of halogens is 2. The minimum atomic E-state index is -0.672. The van der Waals surface area contributed by atoms with Gasteiger partial charge in [0, 0.05) is 17.5 Å². The van der Waals surface area contributed by atoms with Gasteiger partial charge in [-0.15, -0.1) is 0 Å². The molecule has 1 heterocycles. The molecular weight excluding hydrogens is 238 g/mol. The van der Waals surface area contributed by atoms with E-state index in [0.29, 0.717) is 11.3 Å². The van der Waals surface area contributed by atoms with Crippen LogP contribution in [0.25, 0.3) is 11.1 Å². The van der Waals surface area contributed by atoms with Crippen molar-refractivity contribution in [3.63, 3.8) is 0 Å². The lowest BCUT2D eigenvalue weighted by Gasteiger charge is -2.08. The molecule has 2 rings (SSSR count). The Balaban J connectivity index is 2.59. The van der Waals surface area contributed by atoms with Gasteiger partial charge in [-0.3, -0.25) is 0 Å². The second-order valence-electron chi connectivity index (χ2n) is 4.24. The summed E-state index contributed by atoms with van der Waals surface area (Å²) in [5, 5.41) is 3.87. The quantitative estimate of drug-likeness (QED) is 0.905. The smallest absolute Gasteiger partial charge is 0.230 e. The number of hydrogen-bond donors (Lipinski definition) is 1. The summed E-state index contributed by atoms with van der Waals surface area (Å²) < 4.78 is 31.6. The zero-order valence-corrected chi connectivity index (χ0v) is 10.2. The fraction of sp³-hybridized carbons (Fsp3) is 0.308. The van der Waals surface area contributed by atoms with E-state index in [1.54, 1.807) is 0 Å². The van der Waals surface area contributed by atoms with Crippen molar-refractivity contribution in [2.75, 3.05) is 5.73 Å². The first kappa shape index (κ1) is 12.5. The summed E-state index contributed by atoms with van der Waals surface area (Å²) in [4.78, 5) is 0. The van der Waals surface area contributed by atoms with Crippen LogP contribution >= 0.6 is 0 Å². The van der Waals surface area contributed by atoms with Crippen LogP contribution in [0.1, 0.15) is 31.9 Å². The Morgan fingerprint density at radius 3 is 2.72 bits per heavy atom. The van der Waals surface area contributed by atoms with E-state index < -0.39 is 11.6 Å². The number of aromatic nitrogens is 1. The Hall–Kier alpha value is -1.91. The standard InChI is InChI=1S/C13H14F2N2O/c1-3-7(2)12-11(13(16)18-17-12)9-5-4-8(14)6-10(9)15/h4-7H,3,16H2,1-2H3. The molecule has 0 aliphatic carbocycles. The van der Waals surface area contributed by atoms with Crippen molar-refractivity contribution < 1.29 is 13.3 Å². The first-order valence-electron chi connectivity index (χ1n) is 5.75. The largest absolute Gasteiger partial charge is 0.367 e. The third-order valence-electron chi connectivity index (χ3n) is 3.02. The van der Waals surface area contributed by atoms with Crippen LogP contribution in [-0.4, -0.2) is 5.16 Å². The highest BCUT2D eigenvalue weighted by atomic mass is 19.1. The van der Waals surface area contributed by atoms with E-state index in [2.05, 4.69) is 5.16 Å². The summed E-state index contributed by atoms with van der Waals surface area (Å²) in [5.74, 6) is -1.16. The van der Waals surface area contributed by atoms with Crippen molar-refractivity contribution in [3.05, 3.63) is 35.5 Å². The summed E-state index contributed by atoms with van der Waals surface area (Å²) in [6.45, 7) is 3.93. The van der Waals surface area contributed by atoms with E-state index in [9.17, 15) is 8.78 Å². The molecule has 0 fully saturated rings. The highest BCUT2D eigenvalue weighted by Crippen LogP contribution is 2.36. The Kier molecular flexibility index (Phi) is 3.32. The van der Waals surface area contributed by atoms with Crippen molar-refractivity contribution in [2.24, 2.45) is 0 Å². The topological polar surface area (TPSA) is 52.0 Å². The van der Waals surface area contributed by atoms with Crippen LogP contribution in [0, 0.1) is 11.6 Å². The average Bonchev–Trinajstić information content (AvgIpc) is 2.70. The second kappa shape index (κ2) is 4.76. The number of hydrogen-bond acceptors (Lipinski definition) is 3. The molecule has 18 heavy (non-hydrogen) atoms. The third-order valence-corrected chi connectivity index (χ3v) is 3.02. The molecule has 1 unspecified atom stereocenters. The molecule has 5 heteroatoms. The molecule has 2 aromatic rings. The first-order chi connectivity index (χ1) is 8.54. The Labute approximate surface area is 104 Å². The van der Waals surface area contributed by atoms with Crippen LogP contribution in [0.4, 0.5) is 14.7 Å². The lowest BCUT2D eigenvalue weighted by molar-refractivity contribution is 0.421. The van der Waals surface area contributed by atoms with Crippen LogP contribution in [-0.2, 0) is 0 Å². The highest BCUT2D eigenvalue weighted by Gasteiger charge is 2.22. The predicted molar refractivity (Wildman–Crippen MR) is 65.0 cm³/mol. The third kappa shape index (κ3) is 2.08. The van der Waals surface area contributed by atoms with Crippen molar-refractivity contribution in [1.82, 2.24) is 5.16 Å². The molecule has 1 aromatic carbocycles. The molecule has 0 amide bonds. The lowest BCUT2D eigenvalue weighted by Crippen LogP contribution is -1.97. The average molecular weight is 252 g/mol. The van der Waals surface area contributed by atoms with Gasteiger partial charge < -0.3 is 10.3 Å². The Morgan fingerprint density at radius 1 is 1.39 bits per heavy atom. The second-order valence-corrected chi connectivity index (χ2v) is 4.24. The maximum atomic E-state index is 13.8. The Morgan fingerprint density at radius 2 is 2.11 bits per heavy atom. The first-order valence-corrected chi connectivity index (χ1v) is 5.75. The van der Waals surface area contributed by atoms with Gasteiger partial charge in [0.15, 0.2) is 0 Å². The molecule has 96 valence electrons. The van der Waals surface area contributed by atoms with E-state index in [1.807, 2.05) is 13.8 Å². The Bertz CT molecular complexity index is 566. The number of nitrogen functional groups attached to an aromatic ring is 1. The number of benzene rings is 1. The minimum Gasteiger partial charge on any atom is -0.367 e. The fourth-order valence-corrected chi connectivity index (χ4v) is 1.81. The van der Waals surface area contributed by atoms with Gasteiger partial charge in [-0.05, 0) is 18.6 Å². The molecule has 0 aliphatic rings. The summed E-state index contributed by atoms with van der Waals surface area (Å²) in [6, 6.07) is 3.35. The number of anilines is 1. The summed E-state index contributed by atoms with van der Waals surface area (Å²) >= 11 is 0. The van der Waals surface area contributed by atoms with E-state index in [0.717, 1.165) is 12.5 Å². The van der Waals surface area contributed by atoms with Gasteiger partial charge in [-0.2, -0.15) is 0 Å². The van der Waals surface area contributed by atoms with Crippen LogP contribution in [0.3, 0.4) is 0 Å². The van der Waals surface area contributed by atoms with Gasteiger partial charge >= 0.3 is 0 Å². The minimum absolute atomic E-state index is 0.0517. The summed E-state index contributed by atoms with van der Waals surface area (Å²) in [5.41, 5.74) is 6.91. The van der Waals surface area contributed by atoms with Gasteiger partial charge in [0.05, 0.1) is 11.3 Å². The fourth-order valence-electron chi connectivity index (χ4n) is 1.81. The van der Waals surface area contributed by atoms with Gasteiger partial charge in [0.1, 0.15) is 11.6 Å². The monoisotopic (exact) mass is 252 g/mol. The van der Waals surface area contributed by atoms with Crippen molar-refractivity contribution in [1.29, 1.82) is 0 Å². The lowest BCUT2D eigenvalue weighted by atomic mass is 9.96. The SMILES string of the molecule is CCC(C)c1noc(N)c1-c1ccc(F)cc1F. The number of nitrogens with two attached hydrogens (primary N) is 1. The zero-order valence-electron chi connectivity index (χ0n) is 10.2. The predicted octanol–water partition coefficient (Wildman–Crippen LogP) is 3.72. The molecule has 0 spiro atoms. The maximum Gasteiger partial charge on any atom is 0.230 e. The molecule has 0 aliphatic heterocycles. The van der Waals surface area contributed by atoms with Crippen molar-refractivity contribution in [2.45, 2.75) is 26.2 Å². The molecule has 3 nitrogen and oxygen atoms in total. The van der Waals surface area contributed by atoms with Crippen LogP contribution < -0.4 is 5.73 Å². The molecule has 0 saturated heterocycles. The van der Waals surface area contributed by atoms with Crippen molar-refractivity contribution in [3.8, 4) is 11.1 Å². The zero-order chi connectivity index (χ0) is 13.3. The van der Waals surface area contributed by atoms with Crippen LogP contribution in [0.2, 0.25) is 0 Å². The number of rotatable bonds is 3. The van der Waals surface area contributed by atoms with E-state index in [4.69, 9.17) is 10.3 Å². The molecule has 2 N–H and O–H groups in total. The van der Waals surface area contributed by atoms with Crippen LogP contribution in [0.15, 0.2) is 22.7 Å². The molecular formula is C13H14F2N2O. The summed E-state index contributed by atoms with van der Waals surface area (Å²) in [7, 11) is 0. The molecule has 1 aromatic heterocycles. The normalized spacial score (nSPS) is 12.7. The number of nitrogens with zero attached hydrogens (tertiary/aromatic N) is 1. The maximum absolute atomic E-state index is 13.8. The highest BCUT2D eigenvalue weighted by molar-refractivity contribution is 5.75. The molecule has 0 saturated carbocycles. The van der Waals surface area contributed by atoms with Crippen molar-refractivity contribution >= 4 is 5.88 Å². The molecule has 0 bridgehead atoms. The van der Waals surface area contributed by atoms with E-state index in [-0.39, 0.29) is 17.4 Å². The molecule has 0 radical (unpaired) electrons.